The quantitative estimate of drug-likeness (QED) is 0.704. The first-order valence-electron chi connectivity index (χ1n) is 10.5. The van der Waals surface area contributed by atoms with Crippen molar-refractivity contribution in [2.75, 3.05) is 31.5 Å². The molecule has 1 N–H and O–H groups in total. The standard InChI is InChI=1S/C24H27N5O2/c1-18-16-21(20-6-4-3-5-7-20)8-9-22(18)17-27-12-14-28(15-13-27)24(31)29-11-10-23(26-29)25-19(2)30/h3-11,16H,12-15,17H2,1-2H3,(H,25,26,30). The van der Waals surface area contributed by atoms with E-state index >= 15 is 0 Å². The number of carbonyl (C=O) groups excluding carboxylic acids is 2. The van der Waals surface area contributed by atoms with Crippen molar-refractivity contribution in [1.29, 1.82) is 0 Å². The van der Waals surface area contributed by atoms with Crippen LogP contribution in [0.2, 0.25) is 0 Å². The van der Waals surface area contributed by atoms with E-state index in [1.165, 1.54) is 33.9 Å². The second-order valence-corrected chi connectivity index (χ2v) is 7.88. The molecule has 31 heavy (non-hydrogen) atoms. The first-order chi connectivity index (χ1) is 15.0. The predicted molar refractivity (Wildman–Crippen MR) is 121 cm³/mol. The van der Waals surface area contributed by atoms with Gasteiger partial charge in [0, 0.05) is 51.9 Å². The fourth-order valence-corrected chi connectivity index (χ4v) is 3.84. The predicted octanol–water partition coefficient (Wildman–Crippen LogP) is 3.60. The minimum Gasteiger partial charge on any atom is -0.320 e. The third-order valence-electron chi connectivity index (χ3n) is 5.58. The van der Waals surface area contributed by atoms with Crippen molar-refractivity contribution >= 4 is 17.8 Å². The van der Waals surface area contributed by atoms with Crippen LogP contribution < -0.4 is 5.32 Å². The Morgan fingerprint density at radius 2 is 1.71 bits per heavy atom. The first-order valence-corrected chi connectivity index (χ1v) is 10.5. The van der Waals surface area contributed by atoms with Gasteiger partial charge >= 0.3 is 6.03 Å². The monoisotopic (exact) mass is 417 g/mol. The smallest absolute Gasteiger partial charge is 0.320 e. The summed E-state index contributed by atoms with van der Waals surface area (Å²) in [4.78, 5) is 28.0. The summed E-state index contributed by atoms with van der Waals surface area (Å²) in [5.41, 5.74) is 5.05. The second kappa shape index (κ2) is 9.14. The minimum atomic E-state index is -0.210. The largest absolute Gasteiger partial charge is 0.344 e. The molecule has 4 rings (SSSR count). The molecule has 7 nitrogen and oxygen atoms in total. The molecule has 0 atom stereocenters. The summed E-state index contributed by atoms with van der Waals surface area (Å²) in [6.45, 7) is 7.36. The van der Waals surface area contributed by atoms with Gasteiger partial charge in [-0.15, -0.1) is 5.10 Å². The van der Waals surface area contributed by atoms with Crippen LogP contribution in [-0.2, 0) is 11.3 Å². The molecule has 0 aliphatic carbocycles. The highest BCUT2D eigenvalue weighted by atomic mass is 16.2. The van der Waals surface area contributed by atoms with Crippen molar-refractivity contribution in [3.8, 4) is 11.1 Å². The van der Waals surface area contributed by atoms with Crippen molar-refractivity contribution in [1.82, 2.24) is 19.6 Å². The Balaban J connectivity index is 1.33. The summed E-state index contributed by atoms with van der Waals surface area (Å²) in [6.07, 6.45) is 1.58. The Morgan fingerprint density at radius 3 is 2.39 bits per heavy atom. The molecule has 1 aromatic heterocycles. The zero-order valence-electron chi connectivity index (χ0n) is 17.9. The maximum absolute atomic E-state index is 12.7. The molecule has 3 aromatic rings. The number of nitrogens with one attached hydrogen (secondary N) is 1. The van der Waals surface area contributed by atoms with E-state index in [2.05, 4.69) is 64.7 Å². The molecule has 0 radical (unpaired) electrons. The molecule has 2 aromatic carbocycles. The van der Waals surface area contributed by atoms with E-state index in [4.69, 9.17) is 0 Å². The Bertz CT molecular complexity index is 1070. The number of piperazine rings is 1. The number of hydrogen-bond acceptors (Lipinski definition) is 4. The molecule has 2 amide bonds. The summed E-state index contributed by atoms with van der Waals surface area (Å²) in [5.74, 6) is 0.173. The third kappa shape index (κ3) is 5.00. The van der Waals surface area contributed by atoms with E-state index in [0.29, 0.717) is 18.9 Å². The van der Waals surface area contributed by atoms with Crippen molar-refractivity contribution in [2.24, 2.45) is 0 Å². The maximum atomic E-state index is 12.7. The van der Waals surface area contributed by atoms with Gasteiger partial charge in [-0.25, -0.2) is 4.79 Å². The van der Waals surface area contributed by atoms with Crippen LogP contribution in [0.4, 0.5) is 10.6 Å². The molecule has 2 heterocycles. The van der Waals surface area contributed by atoms with Crippen molar-refractivity contribution < 1.29 is 9.59 Å². The topological polar surface area (TPSA) is 70.5 Å². The maximum Gasteiger partial charge on any atom is 0.344 e. The molecular formula is C24H27N5O2. The van der Waals surface area contributed by atoms with Crippen LogP contribution in [0.5, 0.6) is 0 Å². The summed E-state index contributed by atoms with van der Waals surface area (Å²) >= 11 is 0. The molecular weight excluding hydrogens is 390 g/mol. The fourth-order valence-electron chi connectivity index (χ4n) is 3.84. The number of aryl methyl sites for hydroxylation is 1. The number of amides is 2. The van der Waals surface area contributed by atoms with Gasteiger partial charge in [0.05, 0.1) is 0 Å². The van der Waals surface area contributed by atoms with Gasteiger partial charge in [-0.05, 0) is 29.2 Å². The Morgan fingerprint density at radius 1 is 0.968 bits per heavy atom. The van der Waals surface area contributed by atoms with Crippen molar-refractivity contribution in [3.05, 3.63) is 71.9 Å². The molecule has 1 fully saturated rings. The Labute approximate surface area is 182 Å². The Kier molecular flexibility index (Phi) is 6.13. The van der Waals surface area contributed by atoms with E-state index in [0.717, 1.165) is 19.6 Å². The third-order valence-corrected chi connectivity index (χ3v) is 5.58. The van der Waals surface area contributed by atoms with Gasteiger partial charge in [0.15, 0.2) is 5.82 Å². The number of nitrogens with zero attached hydrogens (tertiary/aromatic N) is 4. The molecule has 1 aliphatic rings. The number of hydrogen-bond donors (Lipinski definition) is 1. The SMILES string of the molecule is CC(=O)Nc1ccn(C(=O)N2CCN(Cc3ccc(-c4ccccc4)cc3C)CC2)n1. The summed E-state index contributed by atoms with van der Waals surface area (Å²) < 4.78 is 1.29. The number of anilines is 1. The average Bonchev–Trinajstić information content (AvgIpc) is 3.23. The lowest BCUT2D eigenvalue weighted by Crippen LogP contribution is -2.49. The van der Waals surface area contributed by atoms with E-state index in [-0.39, 0.29) is 11.9 Å². The number of carbonyl (C=O) groups is 2. The highest BCUT2D eigenvalue weighted by Gasteiger charge is 2.23. The van der Waals surface area contributed by atoms with Crippen LogP contribution in [0.15, 0.2) is 60.8 Å². The lowest BCUT2D eigenvalue weighted by molar-refractivity contribution is -0.114. The van der Waals surface area contributed by atoms with Crippen LogP contribution in [0.1, 0.15) is 18.1 Å². The van der Waals surface area contributed by atoms with Crippen molar-refractivity contribution in [3.63, 3.8) is 0 Å². The van der Waals surface area contributed by atoms with E-state index < -0.39 is 0 Å². The van der Waals surface area contributed by atoms with Gasteiger partial charge in [-0.2, -0.15) is 4.68 Å². The molecule has 0 bridgehead atoms. The zero-order chi connectivity index (χ0) is 21.8. The molecule has 0 spiro atoms. The summed E-state index contributed by atoms with van der Waals surface area (Å²) in [5, 5.41) is 6.72. The number of rotatable bonds is 4. The lowest BCUT2D eigenvalue weighted by Gasteiger charge is -2.34. The molecule has 7 heteroatoms. The van der Waals surface area contributed by atoms with Gasteiger partial charge in [-0.3, -0.25) is 9.69 Å². The van der Waals surface area contributed by atoms with Crippen LogP contribution in [0.25, 0.3) is 11.1 Å². The normalized spacial score (nSPS) is 14.5. The number of aromatic nitrogens is 2. The zero-order valence-corrected chi connectivity index (χ0v) is 17.9. The molecule has 0 saturated carbocycles. The van der Waals surface area contributed by atoms with Gasteiger partial charge in [0.1, 0.15) is 0 Å². The van der Waals surface area contributed by atoms with Gasteiger partial charge < -0.3 is 10.2 Å². The second-order valence-electron chi connectivity index (χ2n) is 7.88. The fraction of sp³-hybridized carbons (Fsp3) is 0.292. The molecule has 160 valence electrons. The number of benzene rings is 2. The van der Waals surface area contributed by atoms with E-state index in [1.807, 2.05) is 6.07 Å². The summed E-state index contributed by atoms with van der Waals surface area (Å²) in [7, 11) is 0. The van der Waals surface area contributed by atoms with Crippen molar-refractivity contribution in [2.45, 2.75) is 20.4 Å². The van der Waals surface area contributed by atoms with Crippen LogP contribution >= 0.6 is 0 Å². The van der Waals surface area contributed by atoms with Gasteiger partial charge in [0.25, 0.3) is 0 Å². The van der Waals surface area contributed by atoms with Crippen LogP contribution in [0.3, 0.4) is 0 Å². The Hall–Kier alpha value is -3.45. The van der Waals surface area contributed by atoms with E-state index in [1.54, 1.807) is 17.2 Å². The van der Waals surface area contributed by atoms with Crippen LogP contribution in [-0.4, -0.2) is 57.7 Å². The van der Waals surface area contributed by atoms with Gasteiger partial charge in [-0.1, -0.05) is 48.5 Å². The van der Waals surface area contributed by atoms with Gasteiger partial charge in [0.2, 0.25) is 5.91 Å². The summed E-state index contributed by atoms with van der Waals surface area (Å²) in [6, 6.07) is 18.5. The highest BCUT2D eigenvalue weighted by molar-refractivity contribution is 5.88. The van der Waals surface area contributed by atoms with E-state index in [9.17, 15) is 9.59 Å². The average molecular weight is 418 g/mol. The van der Waals surface area contributed by atoms with Crippen LogP contribution in [0, 0.1) is 6.92 Å². The molecule has 0 unspecified atom stereocenters. The lowest BCUT2D eigenvalue weighted by atomic mass is 9.99. The minimum absolute atomic E-state index is 0.167. The molecule has 1 saturated heterocycles. The molecule has 1 aliphatic heterocycles. The highest BCUT2D eigenvalue weighted by Crippen LogP contribution is 2.23. The first kappa shape index (κ1) is 20.8.